The van der Waals surface area contributed by atoms with E-state index < -0.39 is 0 Å². The Labute approximate surface area is 129 Å². The Morgan fingerprint density at radius 3 is 2.90 bits per heavy atom. The van der Waals surface area contributed by atoms with Gasteiger partial charge in [0.1, 0.15) is 5.75 Å². The van der Waals surface area contributed by atoms with Crippen molar-refractivity contribution in [1.82, 2.24) is 10.2 Å². The van der Waals surface area contributed by atoms with Crippen molar-refractivity contribution in [2.75, 3.05) is 27.2 Å². The number of benzene rings is 1. The number of hydrogen-bond donors (Lipinski definition) is 1. The first-order valence-electron chi connectivity index (χ1n) is 8.33. The fourth-order valence-corrected chi connectivity index (χ4v) is 3.40. The quantitative estimate of drug-likeness (QED) is 0.866. The van der Waals surface area contributed by atoms with Crippen LogP contribution in [0.1, 0.15) is 50.6 Å². The number of likely N-dealkylation sites (N-methyl/N-ethyl adjacent to an activating group) is 1. The van der Waals surface area contributed by atoms with E-state index >= 15 is 0 Å². The molecule has 1 fully saturated rings. The van der Waals surface area contributed by atoms with Crippen molar-refractivity contribution in [3.05, 3.63) is 29.8 Å². The van der Waals surface area contributed by atoms with Gasteiger partial charge in [-0.3, -0.25) is 4.90 Å². The van der Waals surface area contributed by atoms with Crippen molar-refractivity contribution in [1.29, 1.82) is 0 Å². The minimum atomic E-state index is 0.368. The second-order valence-corrected chi connectivity index (χ2v) is 6.02. The molecule has 118 valence electrons. The molecule has 2 unspecified atom stereocenters. The number of likely N-dealkylation sites (tertiary alicyclic amines) is 1. The van der Waals surface area contributed by atoms with Crippen LogP contribution in [-0.4, -0.2) is 38.2 Å². The van der Waals surface area contributed by atoms with Crippen LogP contribution in [0.3, 0.4) is 0 Å². The molecule has 1 aliphatic rings. The number of nitrogens with one attached hydrogen (secondary N) is 1. The van der Waals surface area contributed by atoms with Gasteiger partial charge in [0, 0.05) is 18.6 Å². The maximum Gasteiger partial charge on any atom is 0.119 e. The molecule has 1 aromatic carbocycles. The molecule has 0 spiro atoms. The van der Waals surface area contributed by atoms with Crippen LogP contribution in [-0.2, 0) is 0 Å². The Balaban J connectivity index is 2.09. The Hall–Kier alpha value is -1.06. The minimum Gasteiger partial charge on any atom is -0.497 e. The lowest BCUT2D eigenvalue weighted by Gasteiger charge is -2.32. The zero-order chi connectivity index (χ0) is 15.1. The van der Waals surface area contributed by atoms with Crippen LogP contribution in [0.15, 0.2) is 24.3 Å². The predicted molar refractivity (Wildman–Crippen MR) is 88.9 cm³/mol. The topological polar surface area (TPSA) is 24.5 Å². The third-order valence-corrected chi connectivity index (χ3v) is 4.73. The summed E-state index contributed by atoms with van der Waals surface area (Å²) in [4.78, 5) is 2.69. The Bertz CT molecular complexity index is 421. The summed E-state index contributed by atoms with van der Waals surface area (Å²) in [6.07, 6.45) is 6.72. The molecule has 1 aromatic rings. The molecular formula is C18H30N2O. The lowest BCUT2D eigenvalue weighted by atomic mass is 10.0. The van der Waals surface area contributed by atoms with E-state index in [0.717, 1.165) is 18.3 Å². The normalized spacial score (nSPS) is 21.8. The summed E-state index contributed by atoms with van der Waals surface area (Å²) in [5, 5.41) is 3.48. The van der Waals surface area contributed by atoms with E-state index in [1.807, 2.05) is 6.07 Å². The van der Waals surface area contributed by atoms with Gasteiger partial charge in [-0.05, 0) is 50.6 Å². The van der Waals surface area contributed by atoms with Crippen molar-refractivity contribution in [3.8, 4) is 5.75 Å². The predicted octanol–water partition coefficient (Wildman–Crippen LogP) is 3.61. The maximum atomic E-state index is 5.36. The first kappa shape index (κ1) is 16.3. The first-order valence-corrected chi connectivity index (χ1v) is 8.33. The van der Waals surface area contributed by atoms with E-state index in [1.165, 1.54) is 44.2 Å². The van der Waals surface area contributed by atoms with Crippen LogP contribution in [0.25, 0.3) is 0 Å². The molecule has 2 rings (SSSR count). The highest BCUT2D eigenvalue weighted by Gasteiger charge is 2.22. The zero-order valence-corrected chi connectivity index (χ0v) is 13.8. The van der Waals surface area contributed by atoms with Gasteiger partial charge in [-0.1, -0.05) is 31.9 Å². The number of hydrogen-bond acceptors (Lipinski definition) is 3. The van der Waals surface area contributed by atoms with E-state index in [-0.39, 0.29) is 0 Å². The van der Waals surface area contributed by atoms with Crippen molar-refractivity contribution < 1.29 is 4.74 Å². The summed E-state index contributed by atoms with van der Waals surface area (Å²) in [6.45, 7) is 4.64. The molecule has 1 heterocycles. The molecule has 0 saturated carbocycles. The van der Waals surface area contributed by atoms with E-state index in [9.17, 15) is 0 Å². The van der Waals surface area contributed by atoms with Gasteiger partial charge in [-0.2, -0.15) is 0 Å². The van der Waals surface area contributed by atoms with Crippen LogP contribution >= 0.6 is 0 Å². The third-order valence-electron chi connectivity index (χ3n) is 4.73. The number of nitrogens with zero attached hydrogens (tertiary/aromatic N) is 1. The highest BCUT2D eigenvalue weighted by atomic mass is 16.5. The summed E-state index contributed by atoms with van der Waals surface area (Å²) in [5.41, 5.74) is 1.32. The summed E-state index contributed by atoms with van der Waals surface area (Å²) in [7, 11) is 3.79. The van der Waals surface area contributed by atoms with Gasteiger partial charge >= 0.3 is 0 Å². The van der Waals surface area contributed by atoms with Crippen LogP contribution in [0.5, 0.6) is 5.75 Å². The lowest BCUT2D eigenvalue weighted by molar-refractivity contribution is 0.176. The Morgan fingerprint density at radius 1 is 1.33 bits per heavy atom. The van der Waals surface area contributed by atoms with Crippen LogP contribution in [0.4, 0.5) is 0 Å². The molecule has 1 aliphatic heterocycles. The van der Waals surface area contributed by atoms with Crippen LogP contribution in [0, 0.1) is 0 Å². The van der Waals surface area contributed by atoms with Crippen LogP contribution < -0.4 is 10.1 Å². The Morgan fingerprint density at radius 2 is 2.19 bits per heavy atom. The first-order chi connectivity index (χ1) is 10.3. The second-order valence-electron chi connectivity index (χ2n) is 6.02. The van der Waals surface area contributed by atoms with Gasteiger partial charge in [0.2, 0.25) is 0 Å². The van der Waals surface area contributed by atoms with Gasteiger partial charge in [0.05, 0.1) is 7.11 Å². The second kappa shape index (κ2) is 8.40. The standard InChI is InChI=1S/C18H30N2O/c1-4-16-10-6-5-7-12-20(16)14-18(19-2)15-9-8-11-17(13-15)21-3/h8-9,11,13,16,18-19H,4-7,10,12,14H2,1-3H3. The molecule has 3 heteroatoms. The van der Waals surface area contributed by atoms with Gasteiger partial charge < -0.3 is 10.1 Å². The molecule has 0 aromatic heterocycles. The largest absolute Gasteiger partial charge is 0.497 e. The summed E-state index contributed by atoms with van der Waals surface area (Å²) in [5.74, 6) is 0.940. The SMILES string of the molecule is CCC1CCCCCN1CC(NC)c1cccc(OC)c1. The van der Waals surface area contributed by atoms with Crippen molar-refractivity contribution >= 4 is 0 Å². The molecular weight excluding hydrogens is 260 g/mol. The monoisotopic (exact) mass is 290 g/mol. The summed E-state index contributed by atoms with van der Waals surface area (Å²) < 4.78 is 5.36. The summed E-state index contributed by atoms with van der Waals surface area (Å²) in [6, 6.07) is 9.55. The molecule has 2 atom stereocenters. The lowest BCUT2D eigenvalue weighted by Crippen LogP contribution is -2.40. The number of ether oxygens (including phenoxy) is 1. The van der Waals surface area contributed by atoms with Crippen LogP contribution in [0.2, 0.25) is 0 Å². The molecule has 21 heavy (non-hydrogen) atoms. The zero-order valence-electron chi connectivity index (χ0n) is 13.8. The van der Waals surface area contributed by atoms with Gasteiger partial charge in [0.25, 0.3) is 0 Å². The number of methoxy groups -OCH3 is 1. The molecule has 3 nitrogen and oxygen atoms in total. The van der Waals surface area contributed by atoms with E-state index in [2.05, 4.69) is 42.4 Å². The van der Waals surface area contributed by atoms with Crippen molar-refractivity contribution in [2.24, 2.45) is 0 Å². The van der Waals surface area contributed by atoms with Gasteiger partial charge in [-0.15, -0.1) is 0 Å². The van der Waals surface area contributed by atoms with Gasteiger partial charge in [0.15, 0.2) is 0 Å². The fourth-order valence-electron chi connectivity index (χ4n) is 3.40. The molecule has 1 N–H and O–H groups in total. The third kappa shape index (κ3) is 4.45. The highest BCUT2D eigenvalue weighted by molar-refractivity contribution is 5.30. The summed E-state index contributed by atoms with van der Waals surface area (Å²) >= 11 is 0. The average molecular weight is 290 g/mol. The van der Waals surface area contributed by atoms with Crippen molar-refractivity contribution in [3.63, 3.8) is 0 Å². The number of rotatable bonds is 6. The Kier molecular flexibility index (Phi) is 6.52. The van der Waals surface area contributed by atoms with E-state index in [0.29, 0.717) is 6.04 Å². The maximum absolute atomic E-state index is 5.36. The minimum absolute atomic E-state index is 0.368. The molecule has 0 amide bonds. The molecule has 0 aliphatic carbocycles. The van der Waals surface area contributed by atoms with Gasteiger partial charge in [-0.25, -0.2) is 0 Å². The average Bonchev–Trinajstić information content (AvgIpc) is 2.77. The molecule has 0 bridgehead atoms. The van der Waals surface area contributed by atoms with E-state index in [4.69, 9.17) is 4.74 Å². The van der Waals surface area contributed by atoms with E-state index in [1.54, 1.807) is 7.11 Å². The fraction of sp³-hybridized carbons (Fsp3) is 0.667. The smallest absolute Gasteiger partial charge is 0.119 e. The molecule has 0 radical (unpaired) electrons. The molecule has 1 saturated heterocycles. The highest BCUT2D eigenvalue weighted by Crippen LogP contribution is 2.24. The van der Waals surface area contributed by atoms with Crippen molar-refractivity contribution in [2.45, 2.75) is 51.1 Å².